The molecule has 25 heavy (non-hydrogen) atoms. The van der Waals surface area contributed by atoms with Gasteiger partial charge in [-0.25, -0.2) is 4.98 Å². The summed E-state index contributed by atoms with van der Waals surface area (Å²) in [7, 11) is 0. The molecule has 128 valence electrons. The van der Waals surface area contributed by atoms with E-state index in [0.29, 0.717) is 20.9 Å². The van der Waals surface area contributed by atoms with E-state index in [-0.39, 0.29) is 11.2 Å². The predicted molar refractivity (Wildman–Crippen MR) is 104 cm³/mol. The topological polar surface area (TPSA) is 57.8 Å². The fourth-order valence-electron chi connectivity index (χ4n) is 2.17. The summed E-state index contributed by atoms with van der Waals surface area (Å²) in [6.07, 6.45) is 1.74. The van der Waals surface area contributed by atoms with Crippen molar-refractivity contribution >= 4 is 46.6 Å². The molecule has 3 rings (SSSR count). The molecule has 0 aliphatic heterocycles. The van der Waals surface area contributed by atoms with Crippen LogP contribution in [-0.4, -0.2) is 21.1 Å². The van der Waals surface area contributed by atoms with Gasteiger partial charge in [0.15, 0.2) is 5.16 Å². The Labute approximate surface area is 160 Å². The smallest absolute Gasteiger partial charge is 0.237 e. The summed E-state index contributed by atoms with van der Waals surface area (Å²) in [5.41, 5.74) is 2.53. The summed E-state index contributed by atoms with van der Waals surface area (Å²) < 4.78 is 0. The summed E-state index contributed by atoms with van der Waals surface area (Å²) in [5.74, 6) is -0.114. The van der Waals surface area contributed by atoms with Crippen LogP contribution in [0.2, 0.25) is 10.0 Å². The highest BCUT2D eigenvalue weighted by Crippen LogP contribution is 2.26. The second-order valence-electron chi connectivity index (χ2n) is 5.37. The maximum absolute atomic E-state index is 12.3. The van der Waals surface area contributed by atoms with E-state index in [1.165, 1.54) is 11.8 Å². The van der Waals surface area contributed by atoms with Crippen molar-refractivity contribution in [1.29, 1.82) is 0 Å². The number of benzene rings is 2. The van der Waals surface area contributed by atoms with Crippen LogP contribution in [0.15, 0.2) is 59.9 Å². The molecule has 0 fully saturated rings. The number of anilines is 1. The van der Waals surface area contributed by atoms with Gasteiger partial charge in [0.25, 0.3) is 0 Å². The van der Waals surface area contributed by atoms with E-state index in [1.54, 1.807) is 30.5 Å². The van der Waals surface area contributed by atoms with Crippen LogP contribution >= 0.6 is 35.0 Å². The van der Waals surface area contributed by atoms with Crippen molar-refractivity contribution < 1.29 is 4.79 Å². The van der Waals surface area contributed by atoms with Gasteiger partial charge in [-0.3, -0.25) is 4.79 Å². The molecule has 0 bridgehead atoms. The molecule has 2 N–H and O–H groups in total. The summed E-state index contributed by atoms with van der Waals surface area (Å²) >= 11 is 13.2. The van der Waals surface area contributed by atoms with Crippen LogP contribution in [0.3, 0.4) is 0 Å². The number of aromatic amines is 1. The molecule has 0 aliphatic carbocycles. The Morgan fingerprint density at radius 3 is 2.64 bits per heavy atom. The van der Waals surface area contributed by atoms with E-state index in [0.717, 1.165) is 11.3 Å². The highest BCUT2D eigenvalue weighted by Gasteiger charge is 2.16. The first-order valence-electron chi connectivity index (χ1n) is 7.55. The third kappa shape index (κ3) is 4.78. The molecular formula is C18H15Cl2N3OS. The van der Waals surface area contributed by atoms with Crippen molar-refractivity contribution in [2.24, 2.45) is 0 Å². The highest BCUT2D eigenvalue weighted by atomic mass is 35.5. The molecule has 1 atom stereocenters. The zero-order valence-electron chi connectivity index (χ0n) is 13.3. The van der Waals surface area contributed by atoms with E-state index in [4.69, 9.17) is 23.2 Å². The number of aromatic nitrogens is 2. The Morgan fingerprint density at radius 2 is 1.92 bits per heavy atom. The minimum atomic E-state index is -0.316. The molecule has 0 saturated carbocycles. The maximum Gasteiger partial charge on any atom is 0.237 e. The number of rotatable bonds is 5. The van der Waals surface area contributed by atoms with E-state index < -0.39 is 0 Å². The number of hydrogen-bond acceptors (Lipinski definition) is 3. The average Bonchev–Trinajstić information content (AvgIpc) is 3.04. The number of hydrogen-bond donors (Lipinski definition) is 2. The fourth-order valence-corrected chi connectivity index (χ4v) is 3.27. The van der Waals surface area contributed by atoms with Crippen LogP contribution in [0.25, 0.3) is 11.3 Å². The molecule has 0 aliphatic rings. The van der Waals surface area contributed by atoms with Gasteiger partial charge in [-0.2, -0.15) is 0 Å². The number of halogens is 2. The largest absolute Gasteiger partial charge is 0.333 e. The first-order valence-corrected chi connectivity index (χ1v) is 9.19. The van der Waals surface area contributed by atoms with Crippen LogP contribution in [0, 0.1) is 0 Å². The summed E-state index contributed by atoms with van der Waals surface area (Å²) in [5, 5.41) is 4.47. The van der Waals surface area contributed by atoms with E-state index >= 15 is 0 Å². The second kappa shape index (κ2) is 7.95. The Morgan fingerprint density at radius 1 is 1.16 bits per heavy atom. The summed E-state index contributed by atoms with van der Waals surface area (Å²) in [4.78, 5) is 19.9. The quantitative estimate of drug-likeness (QED) is 0.564. The Bertz CT molecular complexity index is 880. The third-order valence-electron chi connectivity index (χ3n) is 3.46. The zero-order chi connectivity index (χ0) is 17.8. The number of thioether (sulfide) groups is 1. The number of nitrogens with one attached hydrogen (secondary N) is 2. The first kappa shape index (κ1) is 17.9. The minimum Gasteiger partial charge on any atom is -0.333 e. The molecule has 1 unspecified atom stereocenters. The number of amides is 1. The lowest BCUT2D eigenvalue weighted by atomic mass is 10.2. The molecule has 1 heterocycles. The number of imidazole rings is 1. The molecular weight excluding hydrogens is 377 g/mol. The molecule has 1 amide bonds. The van der Waals surface area contributed by atoms with Gasteiger partial charge in [0.1, 0.15) is 0 Å². The van der Waals surface area contributed by atoms with Crippen molar-refractivity contribution in [1.82, 2.24) is 9.97 Å². The zero-order valence-corrected chi connectivity index (χ0v) is 15.6. The Balaban J connectivity index is 1.63. The molecule has 2 aromatic carbocycles. The van der Waals surface area contributed by atoms with Gasteiger partial charge < -0.3 is 10.3 Å². The lowest BCUT2D eigenvalue weighted by Crippen LogP contribution is -2.22. The van der Waals surface area contributed by atoms with Crippen LogP contribution < -0.4 is 5.32 Å². The van der Waals surface area contributed by atoms with Gasteiger partial charge in [0, 0.05) is 15.7 Å². The minimum absolute atomic E-state index is 0.114. The van der Waals surface area contributed by atoms with E-state index in [1.807, 2.05) is 31.2 Å². The van der Waals surface area contributed by atoms with Crippen LogP contribution in [0.5, 0.6) is 0 Å². The van der Waals surface area contributed by atoms with Crippen molar-refractivity contribution in [3.63, 3.8) is 0 Å². The molecule has 7 heteroatoms. The second-order valence-corrected chi connectivity index (χ2v) is 7.57. The van der Waals surface area contributed by atoms with Crippen molar-refractivity contribution in [3.8, 4) is 11.3 Å². The SMILES string of the molecule is CC(Sc1ncc(-c2ccc(Cl)cc2)[nH]1)C(=O)Nc1cccc(Cl)c1. The monoisotopic (exact) mass is 391 g/mol. The van der Waals surface area contributed by atoms with Crippen molar-refractivity contribution in [3.05, 3.63) is 64.8 Å². The van der Waals surface area contributed by atoms with Crippen LogP contribution in [0.1, 0.15) is 6.92 Å². The molecule has 0 spiro atoms. The highest BCUT2D eigenvalue weighted by molar-refractivity contribution is 8.00. The molecule has 4 nitrogen and oxygen atoms in total. The molecule has 1 aromatic heterocycles. The van der Waals surface area contributed by atoms with Gasteiger partial charge in [0.2, 0.25) is 5.91 Å². The predicted octanol–water partition coefficient (Wildman–Crippen LogP) is 5.50. The molecule has 3 aromatic rings. The van der Waals surface area contributed by atoms with Gasteiger partial charge in [-0.1, -0.05) is 53.2 Å². The van der Waals surface area contributed by atoms with Crippen molar-refractivity contribution in [2.75, 3.05) is 5.32 Å². The standard InChI is InChI=1S/C18H15Cl2N3OS/c1-11(17(24)22-15-4-2-3-14(20)9-15)25-18-21-10-16(23-18)12-5-7-13(19)8-6-12/h2-11H,1H3,(H,21,23)(H,22,24). The van der Waals surface area contributed by atoms with E-state index in [9.17, 15) is 4.79 Å². The summed E-state index contributed by atoms with van der Waals surface area (Å²) in [6, 6.07) is 14.5. The van der Waals surface area contributed by atoms with Crippen molar-refractivity contribution in [2.45, 2.75) is 17.3 Å². The normalized spacial score (nSPS) is 12.0. The number of nitrogens with zero attached hydrogens (tertiary/aromatic N) is 1. The van der Waals surface area contributed by atoms with Gasteiger partial charge >= 0.3 is 0 Å². The lowest BCUT2D eigenvalue weighted by Gasteiger charge is -2.10. The van der Waals surface area contributed by atoms with Gasteiger partial charge in [0.05, 0.1) is 17.1 Å². The third-order valence-corrected chi connectivity index (χ3v) is 4.94. The summed E-state index contributed by atoms with van der Waals surface area (Å²) in [6.45, 7) is 1.83. The molecule has 0 saturated heterocycles. The van der Waals surface area contributed by atoms with Crippen LogP contribution in [-0.2, 0) is 4.79 Å². The van der Waals surface area contributed by atoms with Crippen LogP contribution in [0.4, 0.5) is 5.69 Å². The number of carbonyl (C=O) groups excluding carboxylic acids is 1. The van der Waals surface area contributed by atoms with Gasteiger partial charge in [-0.15, -0.1) is 0 Å². The first-order chi connectivity index (χ1) is 12.0. The average molecular weight is 392 g/mol. The lowest BCUT2D eigenvalue weighted by molar-refractivity contribution is -0.115. The maximum atomic E-state index is 12.3. The number of carbonyl (C=O) groups is 1. The fraction of sp³-hybridized carbons (Fsp3) is 0.111. The Kier molecular flexibility index (Phi) is 5.68. The van der Waals surface area contributed by atoms with Gasteiger partial charge in [-0.05, 0) is 42.8 Å². The van der Waals surface area contributed by atoms with E-state index in [2.05, 4.69) is 15.3 Å². The molecule has 0 radical (unpaired) electrons. The number of H-pyrrole nitrogens is 1. The Hall–Kier alpha value is -1.95.